The number of ether oxygens (including phenoxy) is 1. The number of nitrogens with zero attached hydrogens (tertiary/aromatic N) is 2. The number of rotatable bonds is 6. The van der Waals surface area contributed by atoms with E-state index in [1.807, 2.05) is 6.07 Å². The molecule has 4 nitrogen and oxygen atoms in total. The van der Waals surface area contributed by atoms with E-state index in [1.54, 1.807) is 35.9 Å². The highest BCUT2D eigenvalue weighted by Crippen LogP contribution is 2.25. The molecule has 0 atom stereocenters. The van der Waals surface area contributed by atoms with E-state index in [0.717, 1.165) is 24.0 Å². The topological polar surface area (TPSA) is 44.1 Å². The minimum Gasteiger partial charge on any atom is -0.406 e. The predicted octanol–water partition coefficient (Wildman–Crippen LogP) is 5.42. The number of benzene rings is 2. The first-order valence-corrected chi connectivity index (χ1v) is 8.55. The fraction of sp³-hybridized carbons (Fsp3) is 0.143. The summed E-state index contributed by atoms with van der Waals surface area (Å²) in [5, 5.41) is 4.23. The number of halogens is 4. The number of alkyl halides is 3. The summed E-state index contributed by atoms with van der Waals surface area (Å²) in [7, 11) is 0. The first-order chi connectivity index (χ1) is 13.7. The second-order valence-corrected chi connectivity index (χ2v) is 6.30. The standard InChI is InChI=1S/C21H16F4N2O2/c1-14-9-20(26-27(14)12-16-3-2-4-17(10-16)13-28)19(22)11-15-5-7-18(8-6-15)29-21(23,24)25/h2-11,13H,12H2,1H3/b19-11-. The summed E-state index contributed by atoms with van der Waals surface area (Å²) in [6.07, 6.45) is -2.85. The highest BCUT2D eigenvalue weighted by Gasteiger charge is 2.30. The van der Waals surface area contributed by atoms with Crippen LogP contribution in [0.1, 0.15) is 32.9 Å². The van der Waals surface area contributed by atoms with Crippen LogP contribution in [0.5, 0.6) is 5.75 Å². The lowest BCUT2D eigenvalue weighted by atomic mass is 10.1. The molecular weight excluding hydrogens is 388 g/mol. The van der Waals surface area contributed by atoms with Crippen molar-refractivity contribution in [2.45, 2.75) is 19.8 Å². The zero-order chi connectivity index (χ0) is 21.0. The average molecular weight is 404 g/mol. The van der Waals surface area contributed by atoms with Gasteiger partial charge in [0.1, 0.15) is 17.7 Å². The van der Waals surface area contributed by atoms with E-state index in [0.29, 0.717) is 23.4 Å². The Morgan fingerprint density at radius 3 is 2.48 bits per heavy atom. The predicted molar refractivity (Wildman–Crippen MR) is 100.0 cm³/mol. The van der Waals surface area contributed by atoms with Gasteiger partial charge in [0.05, 0.1) is 6.54 Å². The Labute approximate surface area is 164 Å². The third-order valence-electron chi connectivity index (χ3n) is 4.05. The van der Waals surface area contributed by atoms with Gasteiger partial charge in [0.15, 0.2) is 5.83 Å². The molecule has 0 aliphatic carbocycles. The number of aromatic nitrogens is 2. The molecule has 3 rings (SSSR count). The van der Waals surface area contributed by atoms with Crippen molar-refractivity contribution >= 4 is 18.2 Å². The molecule has 0 aliphatic rings. The van der Waals surface area contributed by atoms with E-state index in [1.165, 1.54) is 18.2 Å². The average Bonchev–Trinajstić information content (AvgIpc) is 3.03. The van der Waals surface area contributed by atoms with E-state index in [9.17, 15) is 22.4 Å². The van der Waals surface area contributed by atoms with Gasteiger partial charge < -0.3 is 4.74 Å². The molecule has 1 aromatic heterocycles. The van der Waals surface area contributed by atoms with Gasteiger partial charge in [-0.25, -0.2) is 4.39 Å². The van der Waals surface area contributed by atoms with Gasteiger partial charge in [-0.3, -0.25) is 9.48 Å². The Kier molecular flexibility index (Phi) is 5.81. The summed E-state index contributed by atoms with van der Waals surface area (Å²) >= 11 is 0. The van der Waals surface area contributed by atoms with Crippen LogP contribution < -0.4 is 4.74 Å². The summed E-state index contributed by atoms with van der Waals surface area (Å²) in [6, 6.07) is 13.4. The highest BCUT2D eigenvalue weighted by atomic mass is 19.4. The van der Waals surface area contributed by atoms with Gasteiger partial charge in [-0.05, 0) is 48.4 Å². The first kappa shape index (κ1) is 20.3. The first-order valence-electron chi connectivity index (χ1n) is 8.55. The number of carbonyl (C=O) groups is 1. The summed E-state index contributed by atoms with van der Waals surface area (Å²) in [5.74, 6) is -1.01. The van der Waals surface area contributed by atoms with Gasteiger partial charge >= 0.3 is 6.36 Å². The number of hydrogen-bond donors (Lipinski definition) is 0. The van der Waals surface area contributed by atoms with Crippen LogP contribution in [0.4, 0.5) is 17.6 Å². The zero-order valence-corrected chi connectivity index (χ0v) is 15.3. The van der Waals surface area contributed by atoms with Crippen LogP contribution in [0.2, 0.25) is 0 Å². The Morgan fingerprint density at radius 2 is 1.83 bits per heavy atom. The van der Waals surface area contributed by atoms with Crippen LogP contribution in [-0.2, 0) is 6.54 Å². The second-order valence-electron chi connectivity index (χ2n) is 6.30. The molecule has 0 unspecified atom stereocenters. The van der Waals surface area contributed by atoms with Crippen LogP contribution in [0.15, 0.2) is 54.6 Å². The molecule has 150 valence electrons. The van der Waals surface area contributed by atoms with Crippen molar-refractivity contribution in [3.63, 3.8) is 0 Å². The van der Waals surface area contributed by atoms with E-state index in [-0.39, 0.29) is 11.4 Å². The minimum absolute atomic E-state index is 0.102. The van der Waals surface area contributed by atoms with Gasteiger partial charge in [-0.2, -0.15) is 5.10 Å². The van der Waals surface area contributed by atoms with Crippen molar-refractivity contribution in [2.75, 3.05) is 0 Å². The Hall–Kier alpha value is -3.42. The Morgan fingerprint density at radius 1 is 1.10 bits per heavy atom. The maximum Gasteiger partial charge on any atom is 0.573 e. The molecule has 8 heteroatoms. The minimum atomic E-state index is -4.78. The second kappa shape index (κ2) is 8.30. The van der Waals surface area contributed by atoms with Crippen molar-refractivity contribution in [2.24, 2.45) is 0 Å². The van der Waals surface area contributed by atoms with E-state index < -0.39 is 12.2 Å². The summed E-state index contributed by atoms with van der Waals surface area (Å²) in [6.45, 7) is 2.14. The zero-order valence-electron chi connectivity index (χ0n) is 15.3. The van der Waals surface area contributed by atoms with Crippen LogP contribution >= 0.6 is 0 Å². The molecule has 0 saturated carbocycles. The van der Waals surface area contributed by atoms with Gasteiger partial charge in [0, 0.05) is 11.3 Å². The van der Waals surface area contributed by atoms with E-state index in [2.05, 4.69) is 9.84 Å². The molecule has 3 aromatic rings. The quantitative estimate of drug-likeness (QED) is 0.407. The van der Waals surface area contributed by atoms with Crippen LogP contribution in [0.25, 0.3) is 11.9 Å². The number of carbonyl (C=O) groups excluding carboxylic acids is 1. The van der Waals surface area contributed by atoms with Crippen LogP contribution in [-0.4, -0.2) is 22.4 Å². The fourth-order valence-electron chi connectivity index (χ4n) is 2.71. The van der Waals surface area contributed by atoms with Crippen molar-refractivity contribution in [3.05, 3.63) is 82.7 Å². The SMILES string of the molecule is Cc1cc(/C(F)=C/c2ccc(OC(F)(F)F)cc2)nn1Cc1cccc(C=O)c1. The van der Waals surface area contributed by atoms with Crippen LogP contribution in [0.3, 0.4) is 0 Å². The molecule has 0 saturated heterocycles. The van der Waals surface area contributed by atoms with E-state index >= 15 is 0 Å². The Balaban J connectivity index is 1.76. The lowest BCUT2D eigenvalue weighted by Crippen LogP contribution is -2.16. The van der Waals surface area contributed by atoms with Crippen molar-refractivity contribution < 1.29 is 27.1 Å². The number of aryl methyl sites for hydroxylation is 1. The number of hydrogen-bond acceptors (Lipinski definition) is 3. The molecule has 2 aromatic carbocycles. The van der Waals surface area contributed by atoms with Gasteiger partial charge in [-0.1, -0.05) is 30.3 Å². The summed E-state index contributed by atoms with van der Waals surface area (Å²) in [4.78, 5) is 10.9. The normalized spacial score (nSPS) is 12.1. The molecule has 0 fully saturated rings. The Bertz CT molecular complexity index is 1040. The van der Waals surface area contributed by atoms with E-state index in [4.69, 9.17) is 0 Å². The maximum atomic E-state index is 14.6. The molecule has 0 bridgehead atoms. The maximum absolute atomic E-state index is 14.6. The fourth-order valence-corrected chi connectivity index (χ4v) is 2.71. The van der Waals surface area contributed by atoms with Gasteiger partial charge in [-0.15, -0.1) is 13.2 Å². The van der Waals surface area contributed by atoms with Crippen LogP contribution in [0, 0.1) is 6.92 Å². The molecule has 0 spiro atoms. The molecular formula is C21H16F4N2O2. The smallest absolute Gasteiger partial charge is 0.406 e. The van der Waals surface area contributed by atoms with Gasteiger partial charge in [0.25, 0.3) is 0 Å². The summed E-state index contributed by atoms with van der Waals surface area (Å²) < 4.78 is 56.5. The van der Waals surface area contributed by atoms with Crippen molar-refractivity contribution in [1.29, 1.82) is 0 Å². The molecule has 0 amide bonds. The van der Waals surface area contributed by atoms with Gasteiger partial charge in [0.2, 0.25) is 0 Å². The van der Waals surface area contributed by atoms with Crippen molar-refractivity contribution in [3.8, 4) is 5.75 Å². The molecule has 0 aliphatic heterocycles. The lowest BCUT2D eigenvalue weighted by molar-refractivity contribution is -0.274. The number of aldehydes is 1. The third kappa shape index (κ3) is 5.54. The molecule has 1 heterocycles. The molecule has 0 radical (unpaired) electrons. The third-order valence-corrected chi connectivity index (χ3v) is 4.05. The largest absolute Gasteiger partial charge is 0.573 e. The highest BCUT2D eigenvalue weighted by molar-refractivity contribution is 5.76. The van der Waals surface area contributed by atoms with Crippen molar-refractivity contribution in [1.82, 2.24) is 9.78 Å². The molecule has 29 heavy (non-hydrogen) atoms. The lowest BCUT2D eigenvalue weighted by Gasteiger charge is -2.08. The monoisotopic (exact) mass is 404 g/mol. The molecule has 0 N–H and O–H groups in total. The summed E-state index contributed by atoms with van der Waals surface area (Å²) in [5.41, 5.74) is 2.56.